The molecule has 11 nitrogen and oxygen atoms in total. The monoisotopic (exact) mass is 444 g/mol. The number of ether oxygens (including phenoxy) is 4. The van der Waals surface area contributed by atoms with Crippen molar-refractivity contribution >= 4 is 29.0 Å². The van der Waals surface area contributed by atoms with Crippen molar-refractivity contribution in [2.75, 3.05) is 31.7 Å². The zero-order valence-electron chi connectivity index (χ0n) is 17.1. The molecule has 0 atom stereocenters. The highest BCUT2D eigenvalue weighted by Gasteiger charge is 2.23. The third-order valence-electron chi connectivity index (χ3n) is 4.32. The number of carbonyl (C=O) groups excluding carboxylic acids is 3. The zero-order chi connectivity index (χ0) is 23.1. The van der Waals surface area contributed by atoms with Gasteiger partial charge in [-0.15, -0.1) is 0 Å². The number of esters is 1. The molecule has 168 valence electrons. The molecule has 32 heavy (non-hydrogen) atoms. The molecule has 3 rings (SSSR count). The normalized spacial score (nSPS) is 12.3. The van der Waals surface area contributed by atoms with E-state index < -0.39 is 30.0 Å². The fourth-order valence-corrected chi connectivity index (χ4v) is 2.75. The molecule has 0 aliphatic carbocycles. The van der Waals surface area contributed by atoms with Crippen LogP contribution in [0.15, 0.2) is 36.4 Å². The zero-order valence-corrected chi connectivity index (χ0v) is 17.1. The standard InChI is InChI=1S/C21H20N2O9/c1-13(24)14-3-5-15(6-4-14)31-12-21(26)32-11-20(25)22-16-9-18-19(10-17(16)23(27)28)30-8-2-7-29-18/h3-6,9-10H,2,7-8,11-12H2,1H3,(H,22,25). The van der Waals surface area contributed by atoms with Crippen molar-refractivity contribution < 1.29 is 38.3 Å². The number of hydrogen-bond donors (Lipinski definition) is 1. The molecule has 2 aromatic carbocycles. The summed E-state index contributed by atoms with van der Waals surface area (Å²) in [6, 6.07) is 8.64. The first-order chi connectivity index (χ1) is 15.3. The molecule has 0 saturated heterocycles. The molecule has 11 heteroatoms. The number of fused-ring (bicyclic) bond motifs is 1. The van der Waals surface area contributed by atoms with Gasteiger partial charge in [-0.3, -0.25) is 19.7 Å². The number of rotatable bonds is 8. The van der Waals surface area contributed by atoms with E-state index >= 15 is 0 Å². The van der Waals surface area contributed by atoms with Crippen LogP contribution in [0.5, 0.6) is 17.2 Å². The van der Waals surface area contributed by atoms with Gasteiger partial charge in [0.15, 0.2) is 30.5 Å². The van der Waals surface area contributed by atoms with Crippen LogP contribution in [0.4, 0.5) is 11.4 Å². The number of anilines is 1. The van der Waals surface area contributed by atoms with Crippen LogP contribution in [-0.2, 0) is 14.3 Å². The molecule has 1 aliphatic rings. The quantitative estimate of drug-likeness (QED) is 0.281. The minimum atomic E-state index is -0.816. The van der Waals surface area contributed by atoms with Gasteiger partial charge in [-0.1, -0.05) is 0 Å². The lowest BCUT2D eigenvalue weighted by atomic mass is 10.1. The molecule has 1 aliphatic heterocycles. The number of nitro groups is 1. The molecule has 0 unspecified atom stereocenters. The van der Waals surface area contributed by atoms with Gasteiger partial charge in [0.25, 0.3) is 11.6 Å². The average molecular weight is 444 g/mol. The van der Waals surface area contributed by atoms with Crippen LogP contribution >= 0.6 is 0 Å². The van der Waals surface area contributed by atoms with Crippen LogP contribution in [0.3, 0.4) is 0 Å². The maximum Gasteiger partial charge on any atom is 0.344 e. The highest BCUT2D eigenvalue weighted by Crippen LogP contribution is 2.39. The Balaban J connectivity index is 1.54. The second-order valence-corrected chi connectivity index (χ2v) is 6.70. The molecule has 1 N–H and O–H groups in total. The summed E-state index contributed by atoms with van der Waals surface area (Å²) in [6.45, 7) is 1.02. The molecule has 1 heterocycles. The predicted molar refractivity (Wildman–Crippen MR) is 110 cm³/mol. The highest BCUT2D eigenvalue weighted by molar-refractivity contribution is 5.95. The Morgan fingerprint density at radius 1 is 1.06 bits per heavy atom. The predicted octanol–water partition coefficient (Wildman–Crippen LogP) is 2.52. The summed E-state index contributed by atoms with van der Waals surface area (Å²) in [5.74, 6) is -0.864. The minimum absolute atomic E-state index is 0.101. The van der Waals surface area contributed by atoms with E-state index in [1.54, 1.807) is 12.1 Å². The fourth-order valence-electron chi connectivity index (χ4n) is 2.75. The van der Waals surface area contributed by atoms with E-state index in [2.05, 4.69) is 5.32 Å². The van der Waals surface area contributed by atoms with E-state index in [1.165, 1.54) is 31.2 Å². The van der Waals surface area contributed by atoms with Crippen molar-refractivity contribution in [3.05, 3.63) is 52.1 Å². The van der Waals surface area contributed by atoms with E-state index in [-0.39, 0.29) is 28.7 Å². The summed E-state index contributed by atoms with van der Waals surface area (Å²) in [7, 11) is 0. The van der Waals surface area contributed by atoms with Crippen LogP contribution in [0.1, 0.15) is 23.7 Å². The highest BCUT2D eigenvalue weighted by atomic mass is 16.6. The maximum atomic E-state index is 12.1. The minimum Gasteiger partial charge on any atom is -0.489 e. The number of carbonyl (C=O) groups is 3. The van der Waals surface area contributed by atoms with Crippen molar-refractivity contribution in [2.24, 2.45) is 0 Å². The molecular weight excluding hydrogens is 424 g/mol. The fraction of sp³-hybridized carbons (Fsp3) is 0.286. The first kappa shape index (κ1) is 22.5. The molecule has 1 amide bonds. The van der Waals surface area contributed by atoms with Crippen molar-refractivity contribution in [3.63, 3.8) is 0 Å². The molecule has 0 radical (unpaired) electrons. The number of Topliss-reactive ketones (excluding diaryl/α,β-unsaturated/α-hetero) is 1. The Morgan fingerprint density at radius 3 is 2.34 bits per heavy atom. The van der Waals surface area contributed by atoms with Gasteiger partial charge in [0.05, 0.1) is 24.2 Å². The SMILES string of the molecule is CC(=O)c1ccc(OCC(=O)OCC(=O)Nc2cc3c(cc2[N+](=O)[O-])OCCCO3)cc1. The van der Waals surface area contributed by atoms with E-state index in [1.807, 2.05) is 0 Å². The summed E-state index contributed by atoms with van der Waals surface area (Å²) in [6.07, 6.45) is 0.614. The van der Waals surface area contributed by atoms with Gasteiger partial charge in [-0.25, -0.2) is 4.79 Å². The van der Waals surface area contributed by atoms with Crippen LogP contribution in [0.2, 0.25) is 0 Å². The molecule has 0 aromatic heterocycles. The summed E-state index contributed by atoms with van der Waals surface area (Å²) < 4.78 is 21.0. The molecule has 0 spiro atoms. The van der Waals surface area contributed by atoms with Gasteiger partial charge in [-0.05, 0) is 31.2 Å². The van der Waals surface area contributed by atoms with Crippen LogP contribution in [-0.4, -0.2) is 49.0 Å². The summed E-state index contributed by atoms with van der Waals surface area (Å²) >= 11 is 0. The van der Waals surface area contributed by atoms with E-state index in [9.17, 15) is 24.5 Å². The van der Waals surface area contributed by atoms with Gasteiger partial charge in [0, 0.05) is 18.1 Å². The molecule has 0 bridgehead atoms. The number of hydrogen-bond acceptors (Lipinski definition) is 9. The van der Waals surface area contributed by atoms with E-state index in [4.69, 9.17) is 18.9 Å². The Kier molecular flexibility index (Phi) is 7.21. The van der Waals surface area contributed by atoms with Gasteiger partial charge < -0.3 is 24.3 Å². The maximum absolute atomic E-state index is 12.1. The summed E-state index contributed by atoms with van der Waals surface area (Å²) in [5.41, 5.74) is 0.00818. The molecule has 2 aromatic rings. The lowest BCUT2D eigenvalue weighted by Gasteiger charge is -2.11. The smallest absolute Gasteiger partial charge is 0.344 e. The third-order valence-corrected chi connectivity index (χ3v) is 4.32. The van der Waals surface area contributed by atoms with Gasteiger partial charge >= 0.3 is 5.97 Å². The van der Waals surface area contributed by atoms with Crippen molar-refractivity contribution in [2.45, 2.75) is 13.3 Å². The Labute approximate surface area is 182 Å². The number of nitrogens with one attached hydrogen (secondary N) is 1. The lowest BCUT2D eigenvalue weighted by molar-refractivity contribution is -0.384. The van der Waals surface area contributed by atoms with E-state index in [0.717, 1.165) is 0 Å². The van der Waals surface area contributed by atoms with Crippen molar-refractivity contribution in [1.82, 2.24) is 0 Å². The van der Waals surface area contributed by atoms with E-state index in [0.29, 0.717) is 30.9 Å². The second-order valence-electron chi connectivity index (χ2n) is 6.70. The Morgan fingerprint density at radius 2 is 1.72 bits per heavy atom. The molecular formula is C21H20N2O9. The molecule has 0 fully saturated rings. The number of benzene rings is 2. The Bertz CT molecular complexity index is 1030. The van der Waals surface area contributed by atoms with Crippen LogP contribution in [0, 0.1) is 10.1 Å². The summed E-state index contributed by atoms with van der Waals surface area (Å²) in [4.78, 5) is 45.9. The first-order valence-electron chi connectivity index (χ1n) is 9.61. The van der Waals surface area contributed by atoms with Crippen LogP contribution in [0.25, 0.3) is 0 Å². The van der Waals surface area contributed by atoms with Gasteiger partial charge in [0.1, 0.15) is 11.4 Å². The van der Waals surface area contributed by atoms with Crippen LogP contribution < -0.4 is 19.5 Å². The number of ketones is 1. The van der Waals surface area contributed by atoms with Crippen molar-refractivity contribution in [3.8, 4) is 17.2 Å². The number of nitro benzene ring substituents is 1. The molecule has 0 saturated carbocycles. The Hall–Kier alpha value is -4.15. The number of amides is 1. The number of nitrogens with zero attached hydrogens (tertiary/aromatic N) is 1. The second kappa shape index (κ2) is 10.2. The average Bonchev–Trinajstić information content (AvgIpc) is 3.00. The summed E-state index contributed by atoms with van der Waals surface area (Å²) in [5, 5.41) is 13.7. The van der Waals surface area contributed by atoms with Crippen molar-refractivity contribution in [1.29, 1.82) is 0 Å². The van der Waals surface area contributed by atoms with Gasteiger partial charge in [0.2, 0.25) is 0 Å². The topological polar surface area (TPSA) is 143 Å². The lowest BCUT2D eigenvalue weighted by Crippen LogP contribution is -2.24. The third kappa shape index (κ3) is 5.94. The first-order valence-corrected chi connectivity index (χ1v) is 9.61. The largest absolute Gasteiger partial charge is 0.489 e. The van der Waals surface area contributed by atoms with Gasteiger partial charge in [-0.2, -0.15) is 0 Å².